The third kappa shape index (κ3) is 5.07. The van der Waals surface area contributed by atoms with E-state index in [-0.39, 0.29) is 12.9 Å². The number of hydrogen-bond acceptors (Lipinski definition) is 3. The van der Waals surface area contributed by atoms with Crippen LogP contribution in [0, 0.1) is 0 Å². The van der Waals surface area contributed by atoms with E-state index in [1.807, 2.05) is 0 Å². The first kappa shape index (κ1) is 11.4. The third-order valence-corrected chi connectivity index (χ3v) is 2.19. The van der Waals surface area contributed by atoms with Crippen LogP contribution in [0.1, 0.15) is 6.92 Å². The van der Waals surface area contributed by atoms with Crippen LogP contribution < -0.4 is 5.32 Å². The van der Waals surface area contributed by atoms with Crippen molar-refractivity contribution in [1.29, 1.82) is 0 Å². The summed E-state index contributed by atoms with van der Waals surface area (Å²) in [5.41, 5.74) is 0. The summed E-state index contributed by atoms with van der Waals surface area (Å²) >= 11 is 0. The number of hydrogen-bond donors (Lipinski definition) is 2. The minimum Gasteiger partial charge on any atom is -0.341 e. The molecule has 0 saturated heterocycles. The van der Waals surface area contributed by atoms with Crippen molar-refractivity contribution in [2.24, 2.45) is 0 Å². The van der Waals surface area contributed by atoms with Crippen LogP contribution in [0.15, 0.2) is 12.7 Å². The van der Waals surface area contributed by atoms with E-state index < -0.39 is 13.5 Å². The standard InChI is InChI=1S/C6H12NO4P/c1-3-6(8)7-5-12(9,10)11-4-2/h3H,1,4-5H2,2H3,(H,7,8)(H,9,10). The minimum absolute atomic E-state index is 0.137. The van der Waals surface area contributed by atoms with E-state index in [0.717, 1.165) is 6.08 Å². The summed E-state index contributed by atoms with van der Waals surface area (Å²) in [6.07, 6.45) is 0.637. The van der Waals surface area contributed by atoms with Gasteiger partial charge in [0.15, 0.2) is 0 Å². The van der Waals surface area contributed by atoms with Crippen LogP contribution in [-0.2, 0) is 13.9 Å². The zero-order valence-corrected chi connectivity index (χ0v) is 7.71. The van der Waals surface area contributed by atoms with Crippen molar-refractivity contribution in [2.75, 3.05) is 12.9 Å². The van der Waals surface area contributed by atoms with Gasteiger partial charge in [0.25, 0.3) is 0 Å². The highest BCUT2D eigenvalue weighted by Crippen LogP contribution is 2.39. The maximum Gasteiger partial charge on any atom is 0.347 e. The van der Waals surface area contributed by atoms with Crippen molar-refractivity contribution >= 4 is 13.5 Å². The molecule has 2 N–H and O–H groups in total. The maximum absolute atomic E-state index is 10.9. The molecule has 12 heavy (non-hydrogen) atoms. The highest BCUT2D eigenvalue weighted by atomic mass is 31.2. The lowest BCUT2D eigenvalue weighted by Crippen LogP contribution is -2.22. The first-order chi connectivity index (χ1) is 5.52. The van der Waals surface area contributed by atoms with E-state index in [1.54, 1.807) is 6.92 Å². The molecule has 0 aromatic heterocycles. The highest BCUT2D eigenvalue weighted by Gasteiger charge is 2.18. The first-order valence-corrected chi connectivity index (χ1v) is 5.14. The van der Waals surface area contributed by atoms with Gasteiger partial charge in [-0.05, 0) is 13.0 Å². The van der Waals surface area contributed by atoms with Gasteiger partial charge in [0.05, 0.1) is 6.61 Å². The van der Waals surface area contributed by atoms with Crippen LogP contribution in [0.2, 0.25) is 0 Å². The van der Waals surface area contributed by atoms with Crippen LogP contribution >= 0.6 is 7.60 Å². The van der Waals surface area contributed by atoms with Crippen molar-refractivity contribution in [2.45, 2.75) is 6.92 Å². The molecule has 0 heterocycles. The Balaban J connectivity index is 3.83. The van der Waals surface area contributed by atoms with Gasteiger partial charge in [0, 0.05) is 0 Å². The third-order valence-electron chi connectivity index (χ3n) is 0.969. The Kier molecular flexibility index (Phi) is 4.81. The van der Waals surface area contributed by atoms with E-state index in [1.165, 1.54) is 0 Å². The van der Waals surface area contributed by atoms with Crippen molar-refractivity contribution in [3.63, 3.8) is 0 Å². The Hall–Kier alpha value is -0.640. The van der Waals surface area contributed by atoms with Crippen LogP contribution in [0.4, 0.5) is 0 Å². The predicted octanol–water partition coefficient (Wildman–Crippen LogP) is 0.468. The zero-order chi connectivity index (χ0) is 9.61. The highest BCUT2D eigenvalue weighted by molar-refractivity contribution is 7.52. The van der Waals surface area contributed by atoms with Crippen LogP contribution in [0.3, 0.4) is 0 Å². The molecule has 1 amide bonds. The second-order valence-electron chi connectivity index (χ2n) is 1.96. The molecule has 0 rings (SSSR count). The molecule has 0 aliphatic rings. The van der Waals surface area contributed by atoms with E-state index >= 15 is 0 Å². The quantitative estimate of drug-likeness (QED) is 0.491. The van der Waals surface area contributed by atoms with Gasteiger partial charge in [-0.3, -0.25) is 9.36 Å². The summed E-state index contributed by atoms with van der Waals surface area (Å²) in [5.74, 6) is -0.496. The van der Waals surface area contributed by atoms with E-state index in [0.29, 0.717) is 0 Å². The number of nitrogens with one attached hydrogen (secondary N) is 1. The van der Waals surface area contributed by atoms with Gasteiger partial charge in [-0.1, -0.05) is 6.58 Å². The molecule has 0 saturated carbocycles. The van der Waals surface area contributed by atoms with E-state index in [4.69, 9.17) is 4.89 Å². The molecule has 0 fully saturated rings. The fourth-order valence-electron chi connectivity index (χ4n) is 0.497. The molecule has 70 valence electrons. The Morgan fingerprint density at radius 1 is 1.83 bits per heavy atom. The van der Waals surface area contributed by atoms with Crippen molar-refractivity contribution < 1.29 is 18.8 Å². The fourth-order valence-corrected chi connectivity index (χ4v) is 1.35. The average molecular weight is 193 g/mol. The van der Waals surface area contributed by atoms with Gasteiger partial charge in [-0.15, -0.1) is 0 Å². The Morgan fingerprint density at radius 3 is 2.83 bits per heavy atom. The maximum atomic E-state index is 10.9. The van der Waals surface area contributed by atoms with Gasteiger partial charge < -0.3 is 14.7 Å². The molecular formula is C6H12NO4P. The van der Waals surface area contributed by atoms with Crippen molar-refractivity contribution in [3.05, 3.63) is 12.7 Å². The van der Waals surface area contributed by atoms with Gasteiger partial charge in [-0.25, -0.2) is 0 Å². The Bertz CT molecular complexity index is 216. The average Bonchev–Trinajstić information content (AvgIpc) is 2.00. The minimum atomic E-state index is -3.64. The normalized spacial score (nSPS) is 14.8. The lowest BCUT2D eigenvalue weighted by molar-refractivity contribution is -0.116. The monoisotopic (exact) mass is 193 g/mol. The van der Waals surface area contributed by atoms with Crippen LogP contribution in [-0.4, -0.2) is 23.7 Å². The molecule has 0 radical (unpaired) electrons. The molecule has 0 aromatic rings. The van der Waals surface area contributed by atoms with Gasteiger partial charge in [-0.2, -0.15) is 0 Å². The van der Waals surface area contributed by atoms with Gasteiger partial charge in [0.2, 0.25) is 5.91 Å². The number of amides is 1. The second-order valence-corrected chi connectivity index (χ2v) is 3.81. The SMILES string of the molecule is C=CC(=O)NCP(=O)(O)OCC. The summed E-state index contributed by atoms with van der Waals surface area (Å²) in [7, 11) is -3.64. The Labute approximate surface area is 71.0 Å². The molecular weight excluding hydrogens is 181 g/mol. The predicted molar refractivity (Wildman–Crippen MR) is 44.7 cm³/mol. The van der Waals surface area contributed by atoms with Crippen molar-refractivity contribution in [1.82, 2.24) is 5.32 Å². The lowest BCUT2D eigenvalue weighted by atomic mass is 10.6. The summed E-state index contributed by atoms with van der Waals surface area (Å²) in [5, 5.41) is 2.16. The summed E-state index contributed by atoms with van der Waals surface area (Å²) < 4.78 is 15.4. The topological polar surface area (TPSA) is 75.6 Å². The van der Waals surface area contributed by atoms with Crippen LogP contribution in [0.25, 0.3) is 0 Å². The molecule has 1 atom stereocenters. The second kappa shape index (κ2) is 5.09. The summed E-state index contributed by atoms with van der Waals surface area (Å²) in [6.45, 7) is 4.92. The fraction of sp³-hybridized carbons (Fsp3) is 0.500. The molecule has 0 bridgehead atoms. The molecule has 0 aliphatic heterocycles. The van der Waals surface area contributed by atoms with Gasteiger partial charge >= 0.3 is 7.60 Å². The number of carbonyl (C=O) groups excluding carboxylic acids is 1. The molecule has 5 nitrogen and oxygen atoms in total. The first-order valence-electron chi connectivity index (χ1n) is 3.38. The van der Waals surface area contributed by atoms with Crippen molar-refractivity contribution in [3.8, 4) is 0 Å². The summed E-state index contributed by atoms with van der Waals surface area (Å²) in [6, 6.07) is 0. The van der Waals surface area contributed by atoms with E-state index in [9.17, 15) is 9.36 Å². The zero-order valence-electron chi connectivity index (χ0n) is 6.82. The lowest BCUT2D eigenvalue weighted by Gasteiger charge is -2.10. The number of rotatable bonds is 5. The van der Waals surface area contributed by atoms with Crippen LogP contribution in [0.5, 0.6) is 0 Å². The van der Waals surface area contributed by atoms with E-state index in [2.05, 4.69) is 16.4 Å². The molecule has 1 unspecified atom stereocenters. The largest absolute Gasteiger partial charge is 0.347 e. The Morgan fingerprint density at radius 2 is 2.42 bits per heavy atom. The molecule has 0 aromatic carbocycles. The molecule has 6 heteroatoms. The summed E-state index contributed by atoms with van der Waals surface area (Å²) in [4.78, 5) is 19.5. The number of carbonyl (C=O) groups is 1. The molecule has 0 aliphatic carbocycles. The molecule has 0 spiro atoms. The van der Waals surface area contributed by atoms with Gasteiger partial charge in [0.1, 0.15) is 6.29 Å². The smallest absolute Gasteiger partial charge is 0.341 e.